The van der Waals surface area contributed by atoms with Crippen molar-refractivity contribution in [3.05, 3.63) is 48.6 Å². The quantitative estimate of drug-likeness (QED) is 0.805. The summed E-state index contributed by atoms with van der Waals surface area (Å²) >= 11 is 0. The monoisotopic (exact) mass is 256 g/mol. The Morgan fingerprint density at radius 2 is 2.16 bits per heavy atom. The topological polar surface area (TPSA) is 34.1 Å². The summed E-state index contributed by atoms with van der Waals surface area (Å²) in [5.74, 6) is 0.652. The van der Waals surface area contributed by atoms with Crippen LogP contribution in [0.4, 0.5) is 0 Å². The van der Waals surface area contributed by atoms with Gasteiger partial charge in [0.05, 0.1) is 5.52 Å². The third-order valence-corrected chi connectivity index (χ3v) is 2.83. The van der Waals surface area contributed by atoms with Crippen molar-refractivity contribution >= 4 is 10.9 Å². The van der Waals surface area contributed by atoms with E-state index >= 15 is 0 Å². The third-order valence-electron chi connectivity index (χ3n) is 2.83. The second-order valence-electron chi connectivity index (χ2n) is 4.77. The van der Waals surface area contributed by atoms with E-state index in [4.69, 9.17) is 4.74 Å². The molecule has 1 aromatic heterocycles. The highest BCUT2D eigenvalue weighted by Crippen LogP contribution is 2.22. The maximum absolute atomic E-state index is 5.55. The van der Waals surface area contributed by atoms with Crippen LogP contribution in [0, 0.1) is 0 Å². The summed E-state index contributed by atoms with van der Waals surface area (Å²) in [5.41, 5.74) is 2.17. The van der Waals surface area contributed by atoms with Crippen LogP contribution in [0.15, 0.2) is 43.0 Å². The Bertz CT molecular complexity index is 564. The van der Waals surface area contributed by atoms with Crippen LogP contribution in [0.1, 0.15) is 19.4 Å². The SMILES string of the molecule is C=CCOc1cc(CNC(C)C)c2ccccc2n1. The van der Waals surface area contributed by atoms with Crippen molar-refractivity contribution in [2.24, 2.45) is 0 Å². The molecule has 0 fully saturated rings. The number of pyridine rings is 1. The molecule has 0 aliphatic rings. The summed E-state index contributed by atoms with van der Waals surface area (Å²) in [6, 6.07) is 10.6. The Morgan fingerprint density at radius 3 is 2.89 bits per heavy atom. The van der Waals surface area contributed by atoms with Crippen LogP contribution in [0.2, 0.25) is 0 Å². The number of ether oxygens (including phenoxy) is 1. The van der Waals surface area contributed by atoms with Gasteiger partial charge < -0.3 is 10.1 Å². The number of hydrogen-bond acceptors (Lipinski definition) is 3. The fourth-order valence-corrected chi connectivity index (χ4v) is 1.90. The Morgan fingerprint density at radius 1 is 1.37 bits per heavy atom. The third kappa shape index (κ3) is 3.55. The molecule has 100 valence electrons. The number of benzene rings is 1. The predicted octanol–water partition coefficient (Wildman–Crippen LogP) is 3.30. The number of nitrogens with one attached hydrogen (secondary N) is 1. The first-order valence-electron chi connectivity index (χ1n) is 6.56. The summed E-state index contributed by atoms with van der Waals surface area (Å²) in [7, 11) is 0. The average Bonchev–Trinajstić information content (AvgIpc) is 2.42. The van der Waals surface area contributed by atoms with E-state index in [0.29, 0.717) is 18.5 Å². The van der Waals surface area contributed by atoms with Crippen LogP contribution in [0.25, 0.3) is 10.9 Å². The number of fused-ring (bicyclic) bond motifs is 1. The fourth-order valence-electron chi connectivity index (χ4n) is 1.90. The highest BCUT2D eigenvalue weighted by atomic mass is 16.5. The zero-order valence-electron chi connectivity index (χ0n) is 11.5. The smallest absolute Gasteiger partial charge is 0.214 e. The zero-order chi connectivity index (χ0) is 13.7. The van der Waals surface area contributed by atoms with Gasteiger partial charge >= 0.3 is 0 Å². The Labute approximate surface area is 114 Å². The number of hydrogen-bond donors (Lipinski definition) is 1. The minimum absolute atomic E-state index is 0.449. The molecule has 0 radical (unpaired) electrons. The first-order chi connectivity index (χ1) is 9.20. The van der Waals surface area contributed by atoms with Crippen molar-refractivity contribution in [3.63, 3.8) is 0 Å². The summed E-state index contributed by atoms with van der Waals surface area (Å²) in [6.07, 6.45) is 1.73. The van der Waals surface area contributed by atoms with Gasteiger partial charge in [-0.25, -0.2) is 4.98 Å². The van der Waals surface area contributed by atoms with E-state index in [2.05, 4.69) is 36.8 Å². The molecule has 2 rings (SSSR count). The van der Waals surface area contributed by atoms with E-state index in [0.717, 1.165) is 12.1 Å². The van der Waals surface area contributed by atoms with Crippen LogP contribution in [-0.2, 0) is 6.54 Å². The van der Waals surface area contributed by atoms with E-state index in [1.54, 1.807) is 6.08 Å². The summed E-state index contributed by atoms with van der Waals surface area (Å²) < 4.78 is 5.55. The molecule has 0 atom stereocenters. The first-order valence-corrected chi connectivity index (χ1v) is 6.56. The maximum Gasteiger partial charge on any atom is 0.214 e. The van der Waals surface area contributed by atoms with Gasteiger partial charge in [0.25, 0.3) is 0 Å². The van der Waals surface area contributed by atoms with E-state index in [-0.39, 0.29) is 0 Å². The second-order valence-corrected chi connectivity index (χ2v) is 4.77. The minimum Gasteiger partial charge on any atom is -0.473 e. The molecule has 0 spiro atoms. The van der Waals surface area contributed by atoms with Gasteiger partial charge in [-0.15, -0.1) is 0 Å². The molecule has 19 heavy (non-hydrogen) atoms. The minimum atomic E-state index is 0.449. The Hall–Kier alpha value is -1.87. The van der Waals surface area contributed by atoms with Gasteiger partial charge in [-0.1, -0.05) is 44.7 Å². The molecule has 0 amide bonds. The molecule has 3 heteroatoms. The lowest BCUT2D eigenvalue weighted by atomic mass is 10.1. The fraction of sp³-hybridized carbons (Fsp3) is 0.312. The van der Waals surface area contributed by atoms with Crippen LogP contribution in [-0.4, -0.2) is 17.6 Å². The van der Waals surface area contributed by atoms with Crippen molar-refractivity contribution in [2.45, 2.75) is 26.4 Å². The standard InChI is InChI=1S/C16H20N2O/c1-4-9-19-16-10-13(11-17-12(2)3)14-7-5-6-8-15(14)18-16/h4-8,10,12,17H,1,9,11H2,2-3H3. The van der Waals surface area contributed by atoms with Gasteiger partial charge in [-0.3, -0.25) is 0 Å². The molecular weight excluding hydrogens is 236 g/mol. The van der Waals surface area contributed by atoms with E-state index in [9.17, 15) is 0 Å². The molecule has 0 saturated heterocycles. The molecule has 3 nitrogen and oxygen atoms in total. The number of aromatic nitrogens is 1. The average molecular weight is 256 g/mol. The van der Waals surface area contributed by atoms with Crippen LogP contribution >= 0.6 is 0 Å². The van der Waals surface area contributed by atoms with Gasteiger partial charge in [0.2, 0.25) is 5.88 Å². The Balaban J connectivity index is 2.36. The maximum atomic E-state index is 5.55. The highest BCUT2D eigenvalue weighted by Gasteiger charge is 2.06. The number of nitrogens with zero attached hydrogens (tertiary/aromatic N) is 1. The molecule has 0 bridgehead atoms. The normalized spacial score (nSPS) is 10.9. The number of rotatable bonds is 6. The van der Waals surface area contributed by atoms with Crippen molar-refractivity contribution in [3.8, 4) is 5.88 Å². The van der Waals surface area contributed by atoms with Crippen LogP contribution in [0.3, 0.4) is 0 Å². The van der Waals surface area contributed by atoms with Crippen LogP contribution in [0.5, 0.6) is 5.88 Å². The van der Waals surface area contributed by atoms with Crippen molar-refractivity contribution < 1.29 is 4.74 Å². The largest absolute Gasteiger partial charge is 0.473 e. The number of para-hydroxylation sites is 1. The Kier molecular flexibility index (Phi) is 4.53. The molecule has 1 heterocycles. The van der Waals surface area contributed by atoms with Crippen molar-refractivity contribution in [2.75, 3.05) is 6.61 Å². The lowest BCUT2D eigenvalue weighted by molar-refractivity contribution is 0.349. The molecule has 1 N–H and O–H groups in total. The highest BCUT2D eigenvalue weighted by molar-refractivity contribution is 5.82. The van der Waals surface area contributed by atoms with Crippen molar-refractivity contribution in [1.82, 2.24) is 10.3 Å². The van der Waals surface area contributed by atoms with Gasteiger partial charge in [0, 0.05) is 24.0 Å². The first kappa shape index (κ1) is 13.6. The van der Waals surface area contributed by atoms with Crippen molar-refractivity contribution in [1.29, 1.82) is 0 Å². The molecular formula is C16H20N2O. The lowest BCUT2D eigenvalue weighted by Crippen LogP contribution is -2.22. The lowest BCUT2D eigenvalue weighted by Gasteiger charge is -2.12. The van der Waals surface area contributed by atoms with Crippen LogP contribution < -0.4 is 10.1 Å². The summed E-state index contributed by atoms with van der Waals surface area (Å²) in [6.45, 7) is 9.21. The van der Waals surface area contributed by atoms with E-state index < -0.39 is 0 Å². The molecule has 0 unspecified atom stereocenters. The summed E-state index contributed by atoms with van der Waals surface area (Å²) in [4.78, 5) is 4.50. The molecule has 1 aromatic carbocycles. The van der Waals surface area contributed by atoms with Gasteiger partial charge in [-0.05, 0) is 11.6 Å². The van der Waals surface area contributed by atoms with E-state index in [1.165, 1.54) is 10.9 Å². The molecule has 2 aromatic rings. The van der Waals surface area contributed by atoms with Gasteiger partial charge in [-0.2, -0.15) is 0 Å². The predicted molar refractivity (Wildman–Crippen MR) is 79.4 cm³/mol. The van der Waals surface area contributed by atoms with Gasteiger partial charge in [0.1, 0.15) is 6.61 Å². The molecule has 0 saturated carbocycles. The molecule has 0 aliphatic carbocycles. The second kappa shape index (κ2) is 6.34. The zero-order valence-corrected chi connectivity index (χ0v) is 11.5. The molecule has 0 aliphatic heterocycles. The summed E-state index contributed by atoms with van der Waals surface area (Å²) in [5, 5.41) is 4.60. The van der Waals surface area contributed by atoms with E-state index in [1.807, 2.05) is 24.3 Å². The van der Waals surface area contributed by atoms with Gasteiger partial charge in [0.15, 0.2) is 0 Å².